The van der Waals surface area contributed by atoms with E-state index in [1.165, 1.54) is 6.07 Å². The molecule has 0 aliphatic heterocycles. The molecule has 0 saturated carbocycles. The molecule has 0 aliphatic rings. The fourth-order valence-corrected chi connectivity index (χ4v) is 1.88. The predicted molar refractivity (Wildman–Crippen MR) is 62.1 cm³/mol. The number of carboxylic acids is 1. The molecule has 1 heterocycles. The number of thiophene rings is 1. The normalized spacial score (nSPS) is 10.0. The highest BCUT2D eigenvalue weighted by Crippen LogP contribution is 2.17. The van der Waals surface area contributed by atoms with Crippen molar-refractivity contribution in [3.63, 3.8) is 0 Å². The van der Waals surface area contributed by atoms with E-state index < -0.39 is 5.97 Å². The molecule has 2 aromatic rings. The van der Waals surface area contributed by atoms with Crippen LogP contribution in [0.1, 0.15) is 15.2 Å². The third kappa shape index (κ3) is 2.61. The second kappa shape index (κ2) is 4.81. The second-order valence-electron chi connectivity index (χ2n) is 3.20. The molecule has 2 rings (SSSR count). The van der Waals surface area contributed by atoms with Gasteiger partial charge in [-0.25, -0.2) is 4.79 Å². The van der Waals surface area contributed by atoms with Crippen LogP contribution in [0.2, 0.25) is 0 Å². The fourth-order valence-electron chi connectivity index (χ4n) is 1.27. The Morgan fingerprint density at radius 1 is 1.31 bits per heavy atom. The maximum atomic E-state index is 10.7. The fraction of sp³-hybridized carbons (Fsp3) is 0.0833. The van der Waals surface area contributed by atoms with Gasteiger partial charge in [0, 0.05) is 4.88 Å². The Hall–Kier alpha value is -1.81. The molecule has 0 radical (unpaired) electrons. The van der Waals surface area contributed by atoms with Crippen molar-refractivity contribution in [2.24, 2.45) is 0 Å². The standard InChI is InChI=1S/C12H10O3S/c13-12(14)9-3-1-4-10(7-9)15-8-11-5-2-6-16-11/h1-7H,8H2,(H,13,14). The average Bonchev–Trinajstić information content (AvgIpc) is 2.79. The molecule has 3 nitrogen and oxygen atoms in total. The van der Waals surface area contributed by atoms with Crippen LogP contribution in [0.5, 0.6) is 5.75 Å². The number of hydrogen-bond acceptors (Lipinski definition) is 3. The van der Waals surface area contributed by atoms with E-state index in [-0.39, 0.29) is 5.56 Å². The number of rotatable bonds is 4. The van der Waals surface area contributed by atoms with E-state index >= 15 is 0 Å². The third-order valence-electron chi connectivity index (χ3n) is 2.04. The summed E-state index contributed by atoms with van der Waals surface area (Å²) in [5.74, 6) is -0.366. The van der Waals surface area contributed by atoms with Crippen LogP contribution in [0.4, 0.5) is 0 Å². The summed E-state index contributed by atoms with van der Waals surface area (Å²) in [6, 6.07) is 10.4. The van der Waals surface area contributed by atoms with Crippen LogP contribution in [0.15, 0.2) is 41.8 Å². The molecule has 16 heavy (non-hydrogen) atoms. The molecule has 0 atom stereocenters. The molecule has 1 aromatic carbocycles. The van der Waals surface area contributed by atoms with Crippen LogP contribution in [0.25, 0.3) is 0 Å². The lowest BCUT2D eigenvalue weighted by Gasteiger charge is -2.04. The molecule has 0 amide bonds. The lowest BCUT2D eigenvalue weighted by molar-refractivity contribution is 0.0696. The average molecular weight is 234 g/mol. The quantitative estimate of drug-likeness (QED) is 0.884. The van der Waals surface area contributed by atoms with Crippen LogP contribution in [-0.4, -0.2) is 11.1 Å². The van der Waals surface area contributed by atoms with E-state index in [2.05, 4.69) is 0 Å². The Bertz CT molecular complexity index is 477. The minimum Gasteiger partial charge on any atom is -0.488 e. The smallest absolute Gasteiger partial charge is 0.335 e. The van der Waals surface area contributed by atoms with E-state index in [0.29, 0.717) is 12.4 Å². The van der Waals surface area contributed by atoms with Crippen molar-refractivity contribution in [2.75, 3.05) is 0 Å². The van der Waals surface area contributed by atoms with Crippen LogP contribution in [-0.2, 0) is 6.61 Å². The molecule has 0 saturated heterocycles. The zero-order chi connectivity index (χ0) is 11.4. The van der Waals surface area contributed by atoms with Crippen LogP contribution in [0.3, 0.4) is 0 Å². The zero-order valence-electron chi connectivity index (χ0n) is 8.42. The highest BCUT2D eigenvalue weighted by Gasteiger charge is 2.03. The molecule has 4 heteroatoms. The van der Waals surface area contributed by atoms with Gasteiger partial charge in [0.25, 0.3) is 0 Å². The summed E-state index contributed by atoms with van der Waals surface area (Å²) in [6.07, 6.45) is 0. The summed E-state index contributed by atoms with van der Waals surface area (Å²) in [5.41, 5.74) is 0.240. The van der Waals surface area contributed by atoms with Crippen molar-refractivity contribution in [1.29, 1.82) is 0 Å². The van der Waals surface area contributed by atoms with Gasteiger partial charge in [0.15, 0.2) is 0 Å². The zero-order valence-corrected chi connectivity index (χ0v) is 9.24. The lowest BCUT2D eigenvalue weighted by Crippen LogP contribution is -1.98. The van der Waals surface area contributed by atoms with E-state index in [9.17, 15) is 4.79 Å². The summed E-state index contributed by atoms with van der Waals surface area (Å²) in [6.45, 7) is 0.473. The number of hydrogen-bond donors (Lipinski definition) is 1. The summed E-state index contributed by atoms with van der Waals surface area (Å²) in [7, 11) is 0. The number of benzene rings is 1. The largest absolute Gasteiger partial charge is 0.488 e. The van der Waals surface area contributed by atoms with E-state index in [0.717, 1.165) is 4.88 Å². The molecular weight excluding hydrogens is 224 g/mol. The maximum Gasteiger partial charge on any atom is 0.335 e. The Balaban J connectivity index is 2.04. The van der Waals surface area contributed by atoms with Crippen molar-refractivity contribution < 1.29 is 14.6 Å². The van der Waals surface area contributed by atoms with Gasteiger partial charge < -0.3 is 9.84 Å². The third-order valence-corrected chi connectivity index (χ3v) is 2.89. The molecule has 0 aliphatic carbocycles. The number of ether oxygens (including phenoxy) is 1. The highest BCUT2D eigenvalue weighted by molar-refractivity contribution is 7.09. The summed E-state index contributed by atoms with van der Waals surface area (Å²) < 4.78 is 5.49. The van der Waals surface area contributed by atoms with Gasteiger partial charge in [-0.05, 0) is 29.6 Å². The minimum atomic E-state index is -0.943. The second-order valence-corrected chi connectivity index (χ2v) is 4.23. The topological polar surface area (TPSA) is 46.5 Å². The van der Waals surface area contributed by atoms with E-state index in [1.807, 2.05) is 17.5 Å². The molecule has 1 aromatic heterocycles. The Morgan fingerprint density at radius 3 is 2.88 bits per heavy atom. The molecule has 0 bridgehead atoms. The monoisotopic (exact) mass is 234 g/mol. The SMILES string of the molecule is O=C(O)c1cccc(OCc2cccs2)c1. The van der Waals surface area contributed by atoms with Gasteiger partial charge in [-0.1, -0.05) is 12.1 Å². The van der Waals surface area contributed by atoms with Crippen LogP contribution >= 0.6 is 11.3 Å². The molecule has 0 unspecified atom stereocenters. The van der Waals surface area contributed by atoms with Crippen molar-refractivity contribution >= 4 is 17.3 Å². The molecule has 0 fully saturated rings. The minimum absolute atomic E-state index is 0.240. The molecular formula is C12H10O3S. The van der Waals surface area contributed by atoms with Crippen molar-refractivity contribution in [3.8, 4) is 5.75 Å². The molecule has 0 spiro atoms. The first-order valence-corrected chi connectivity index (χ1v) is 5.62. The number of carboxylic acid groups (broad SMARTS) is 1. The van der Waals surface area contributed by atoms with Gasteiger partial charge in [-0.15, -0.1) is 11.3 Å². The molecule has 1 N–H and O–H groups in total. The van der Waals surface area contributed by atoms with Gasteiger partial charge in [0.1, 0.15) is 12.4 Å². The first kappa shape index (κ1) is 10.7. The predicted octanol–water partition coefficient (Wildman–Crippen LogP) is 3.03. The lowest BCUT2D eigenvalue weighted by atomic mass is 10.2. The summed E-state index contributed by atoms with van der Waals surface area (Å²) in [4.78, 5) is 11.8. The van der Waals surface area contributed by atoms with Crippen LogP contribution < -0.4 is 4.74 Å². The van der Waals surface area contributed by atoms with E-state index in [4.69, 9.17) is 9.84 Å². The highest BCUT2D eigenvalue weighted by atomic mass is 32.1. The molecule has 82 valence electrons. The first-order valence-electron chi connectivity index (χ1n) is 4.74. The Labute approximate surface area is 96.9 Å². The van der Waals surface area contributed by atoms with Crippen LogP contribution in [0, 0.1) is 0 Å². The Morgan fingerprint density at radius 2 is 2.19 bits per heavy atom. The van der Waals surface area contributed by atoms with Gasteiger partial charge >= 0.3 is 5.97 Å². The summed E-state index contributed by atoms with van der Waals surface area (Å²) in [5, 5.41) is 10.8. The Kier molecular flexibility index (Phi) is 3.22. The summed E-state index contributed by atoms with van der Waals surface area (Å²) >= 11 is 1.61. The number of carbonyl (C=O) groups is 1. The van der Waals surface area contributed by atoms with Crippen molar-refractivity contribution in [1.82, 2.24) is 0 Å². The van der Waals surface area contributed by atoms with Gasteiger partial charge in [-0.2, -0.15) is 0 Å². The van der Waals surface area contributed by atoms with Gasteiger partial charge in [0.05, 0.1) is 5.56 Å². The van der Waals surface area contributed by atoms with Gasteiger partial charge in [0.2, 0.25) is 0 Å². The van der Waals surface area contributed by atoms with Crippen molar-refractivity contribution in [2.45, 2.75) is 6.61 Å². The van der Waals surface area contributed by atoms with Crippen molar-refractivity contribution in [3.05, 3.63) is 52.2 Å². The maximum absolute atomic E-state index is 10.7. The number of aromatic carboxylic acids is 1. The first-order chi connectivity index (χ1) is 7.75. The van der Waals surface area contributed by atoms with Gasteiger partial charge in [-0.3, -0.25) is 0 Å². The van der Waals surface area contributed by atoms with E-state index in [1.54, 1.807) is 29.5 Å².